The molecule has 1 aromatic heterocycles. The number of aromatic nitrogens is 3. The van der Waals surface area contributed by atoms with Crippen LogP contribution in [0, 0.1) is 5.92 Å². The zero-order chi connectivity index (χ0) is 27.7. The lowest BCUT2D eigenvalue weighted by Crippen LogP contribution is -2.35. The summed E-state index contributed by atoms with van der Waals surface area (Å²) >= 11 is 0. The number of aryl methyl sites for hydroxylation is 2. The maximum absolute atomic E-state index is 13.2. The van der Waals surface area contributed by atoms with Gasteiger partial charge in [-0.3, -0.25) is 4.79 Å². The minimum absolute atomic E-state index is 0.0390. The van der Waals surface area contributed by atoms with Crippen LogP contribution < -0.4 is 15.4 Å². The van der Waals surface area contributed by atoms with Crippen molar-refractivity contribution >= 4 is 27.6 Å². The summed E-state index contributed by atoms with van der Waals surface area (Å²) in [7, 11) is -4.15. The van der Waals surface area contributed by atoms with E-state index in [4.69, 9.17) is 0 Å². The normalized spacial score (nSPS) is 16.8. The van der Waals surface area contributed by atoms with Gasteiger partial charge < -0.3 is 10.6 Å². The van der Waals surface area contributed by atoms with Crippen molar-refractivity contribution in [3.8, 4) is 5.69 Å². The van der Waals surface area contributed by atoms with Gasteiger partial charge in [0.1, 0.15) is 5.69 Å². The Labute approximate surface area is 234 Å². The summed E-state index contributed by atoms with van der Waals surface area (Å²) in [5.41, 5.74) is 6.60. The first-order chi connectivity index (χ1) is 19.4. The molecule has 1 saturated carbocycles. The SMILES string of the molecule is O=C(Nc1c2c(cc3c1CCC3)CCC2)NS(=O)(=O)c1cccc(-n2cc(CNC(=O)C3CCCCC3)nn2)c1. The van der Waals surface area contributed by atoms with E-state index in [0.717, 1.165) is 81.0 Å². The number of rotatable bonds is 7. The van der Waals surface area contributed by atoms with E-state index in [-0.39, 0.29) is 23.3 Å². The van der Waals surface area contributed by atoms with Crippen molar-refractivity contribution in [1.29, 1.82) is 0 Å². The summed E-state index contributed by atoms with van der Waals surface area (Å²) in [4.78, 5) is 25.3. The van der Waals surface area contributed by atoms with Crippen LogP contribution >= 0.6 is 0 Å². The van der Waals surface area contributed by atoms with Crippen molar-refractivity contribution in [1.82, 2.24) is 25.0 Å². The second kappa shape index (κ2) is 11.0. The van der Waals surface area contributed by atoms with Gasteiger partial charge in [0.15, 0.2) is 0 Å². The number of amides is 3. The molecule has 40 heavy (non-hydrogen) atoms. The van der Waals surface area contributed by atoms with Crippen LogP contribution in [-0.2, 0) is 47.0 Å². The van der Waals surface area contributed by atoms with Crippen molar-refractivity contribution < 1.29 is 18.0 Å². The molecular weight excluding hydrogens is 528 g/mol. The Morgan fingerprint density at radius 1 is 0.925 bits per heavy atom. The molecule has 1 heterocycles. The number of carbonyl (C=O) groups is 2. The number of sulfonamides is 1. The molecule has 0 saturated heterocycles. The molecule has 10 nitrogen and oxygen atoms in total. The van der Waals surface area contributed by atoms with Gasteiger partial charge in [-0.2, -0.15) is 0 Å². The highest BCUT2D eigenvalue weighted by Crippen LogP contribution is 2.38. The van der Waals surface area contributed by atoms with Crippen molar-refractivity contribution in [2.75, 3.05) is 5.32 Å². The lowest BCUT2D eigenvalue weighted by Gasteiger charge is -2.20. The Hall–Kier alpha value is -3.73. The molecule has 6 rings (SSSR count). The van der Waals surface area contributed by atoms with Gasteiger partial charge in [-0.1, -0.05) is 36.6 Å². The minimum atomic E-state index is -4.15. The van der Waals surface area contributed by atoms with Crippen molar-refractivity contribution in [3.63, 3.8) is 0 Å². The predicted octanol–water partition coefficient (Wildman–Crippen LogP) is 3.95. The second-order valence-corrected chi connectivity index (χ2v) is 12.7. The van der Waals surface area contributed by atoms with E-state index >= 15 is 0 Å². The van der Waals surface area contributed by atoms with Gasteiger partial charge in [-0.25, -0.2) is 22.6 Å². The Bertz CT molecular complexity index is 1530. The first-order valence-corrected chi connectivity index (χ1v) is 15.7. The maximum Gasteiger partial charge on any atom is 0.333 e. The third kappa shape index (κ3) is 5.47. The number of hydrogen-bond donors (Lipinski definition) is 3. The molecule has 3 aromatic rings. The molecule has 3 aliphatic carbocycles. The van der Waals surface area contributed by atoms with Crippen LogP contribution in [0.5, 0.6) is 0 Å². The fourth-order valence-corrected chi connectivity index (χ4v) is 7.22. The number of urea groups is 1. The molecule has 0 bridgehead atoms. The van der Waals surface area contributed by atoms with Crippen LogP contribution in [0.2, 0.25) is 0 Å². The molecule has 3 amide bonds. The van der Waals surface area contributed by atoms with Gasteiger partial charge in [0, 0.05) is 11.6 Å². The summed E-state index contributed by atoms with van der Waals surface area (Å²) in [5.74, 6) is 0.0937. The number of benzene rings is 2. The number of nitrogens with one attached hydrogen (secondary N) is 3. The van der Waals surface area contributed by atoms with Crippen LogP contribution in [0.15, 0.2) is 41.4 Å². The van der Waals surface area contributed by atoms with Crippen LogP contribution in [0.4, 0.5) is 10.5 Å². The minimum Gasteiger partial charge on any atom is -0.350 e. The zero-order valence-electron chi connectivity index (χ0n) is 22.4. The van der Waals surface area contributed by atoms with Crippen molar-refractivity contribution in [2.45, 2.75) is 82.1 Å². The summed E-state index contributed by atoms with van der Waals surface area (Å²) in [6, 6.07) is 7.65. The van der Waals surface area contributed by atoms with Gasteiger partial charge in [0.2, 0.25) is 5.91 Å². The standard InChI is InChI=1S/C29H34N6O4S/c36-28(19-7-2-1-3-8-19)30-17-22-18-35(34-32-22)23-11-6-12-24(16-23)40(38,39)33-29(37)31-27-25-13-4-9-20(25)15-21-10-5-14-26(21)27/h6,11-12,15-16,18-19H,1-5,7-10,13-14,17H2,(H,30,36)(H2,31,33,37). The molecule has 0 unspecified atom stereocenters. The van der Waals surface area contributed by atoms with Gasteiger partial charge in [0.25, 0.3) is 10.0 Å². The summed E-state index contributed by atoms with van der Waals surface area (Å²) < 4.78 is 29.9. The first kappa shape index (κ1) is 26.5. The average Bonchev–Trinajstić information content (AvgIpc) is 3.73. The van der Waals surface area contributed by atoms with Gasteiger partial charge >= 0.3 is 6.03 Å². The quantitative estimate of drug-likeness (QED) is 0.399. The van der Waals surface area contributed by atoms with Gasteiger partial charge in [-0.15, -0.1) is 5.10 Å². The largest absolute Gasteiger partial charge is 0.350 e. The number of anilines is 1. The maximum atomic E-state index is 13.2. The first-order valence-electron chi connectivity index (χ1n) is 14.2. The summed E-state index contributed by atoms with van der Waals surface area (Å²) in [6.45, 7) is 0.252. The van der Waals surface area contributed by atoms with Crippen molar-refractivity contribution in [2.24, 2.45) is 5.92 Å². The number of hydrogen-bond acceptors (Lipinski definition) is 6. The third-order valence-corrected chi connectivity index (χ3v) is 9.62. The Balaban J connectivity index is 1.12. The highest BCUT2D eigenvalue weighted by atomic mass is 32.2. The zero-order valence-corrected chi connectivity index (χ0v) is 23.2. The number of nitrogens with zero attached hydrogens (tertiary/aromatic N) is 3. The highest BCUT2D eigenvalue weighted by Gasteiger charge is 2.27. The average molecular weight is 563 g/mol. The lowest BCUT2D eigenvalue weighted by molar-refractivity contribution is -0.126. The van der Waals surface area contributed by atoms with E-state index in [9.17, 15) is 18.0 Å². The molecule has 0 spiro atoms. The van der Waals surface area contributed by atoms with Gasteiger partial charge in [-0.05, 0) is 91.8 Å². The number of fused-ring (bicyclic) bond motifs is 2. The molecule has 3 N–H and O–H groups in total. The molecule has 0 radical (unpaired) electrons. The van der Waals surface area contributed by atoms with E-state index in [1.165, 1.54) is 34.4 Å². The molecular formula is C29H34N6O4S. The Morgan fingerprint density at radius 2 is 1.65 bits per heavy atom. The van der Waals surface area contributed by atoms with Crippen LogP contribution in [0.1, 0.15) is 72.9 Å². The van der Waals surface area contributed by atoms with E-state index in [1.807, 2.05) is 0 Å². The summed E-state index contributed by atoms with van der Waals surface area (Å²) in [6.07, 6.45) is 12.7. The van der Waals surface area contributed by atoms with E-state index in [1.54, 1.807) is 18.3 Å². The van der Waals surface area contributed by atoms with Gasteiger partial charge in [0.05, 0.1) is 23.3 Å². The molecule has 1 fully saturated rings. The van der Waals surface area contributed by atoms with Crippen LogP contribution in [0.25, 0.3) is 5.69 Å². The van der Waals surface area contributed by atoms with Crippen molar-refractivity contribution in [3.05, 3.63) is 64.5 Å². The monoisotopic (exact) mass is 562 g/mol. The second-order valence-electron chi connectivity index (χ2n) is 11.0. The molecule has 3 aliphatic rings. The highest BCUT2D eigenvalue weighted by molar-refractivity contribution is 7.90. The van der Waals surface area contributed by atoms with E-state index < -0.39 is 16.1 Å². The number of carbonyl (C=O) groups excluding carboxylic acids is 2. The smallest absolute Gasteiger partial charge is 0.333 e. The fraction of sp³-hybridized carbons (Fsp3) is 0.448. The lowest BCUT2D eigenvalue weighted by atomic mass is 9.89. The topological polar surface area (TPSA) is 135 Å². The summed E-state index contributed by atoms with van der Waals surface area (Å²) in [5, 5.41) is 14.0. The predicted molar refractivity (Wildman–Crippen MR) is 150 cm³/mol. The van der Waals surface area contributed by atoms with Crippen LogP contribution in [-0.4, -0.2) is 35.3 Å². The molecule has 2 aromatic carbocycles. The fourth-order valence-electron chi connectivity index (χ4n) is 6.27. The molecule has 11 heteroatoms. The van der Waals surface area contributed by atoms with Crippen LogP contribution in [0.3, 0.4) is 0 Å². The third-order valence-electron chi connectivity index (χ3n) is 8.29. The Kier molecular flexibility index (Phi) is 7.31. The molecule has 0 aliphatic heterocycles. The molecule has 210 valence electrons. The van der Waals surface area contributed by atoms with E-state index in [2.05, 4.69) is 31.7 Å². The molecule has 0 atom stereocenters. The van der Waals surface area contributed by atoms with E-state index in [0.29, 0.717) is 11.4 Å². The Morgan fingerprint density at radius 3 is 2.38 bits per heavy atom.